The van der Waals surface area contributed by atoms with Crippen molar-refractivity contribution in [3.8, 4) is 11.5 Å². The standard InChI is InChI=1S/C14H22N2O4/c1-11(10-18-2)16-14(17)15-8-9-20-13-6-4-12(19-3)5-7-13/h4-7,11H,8-10H2,1-3H3,(H2,15,16,17). The van der Waals surface area contributed by atoms with Crippen LogP contribution in [0.15, 0.2) is 24.3 Å². The summed E-state index contributed by atoms with van der Waals surface area (Å²) in [6.07, 6.45) is 0. The number of hydrogen-bond acceptors (Lipinski definition) is 4. The zero-order valence-corrected chi connectivity index (χ0v) is 12.1. The molecule has 1 unspecified atom stereocenters. The number of amides is 2. The predicted octanol–water partition coefficient (Wildman–Crippen LogP) is 1.41. The Kier molecular flexibility index (Phi) is 7.27. The molecule has 0 radical (unpaired) electrons. The molecule has 1 aromatic carbocycles. The van der Waals surface area contributed by atoms with Gasteiger partial charge in [0.05, 0.1) is 26.3 Å². The highest BCUT2D eigenvalue weighted by Crippen LogP contribution is 2.16. The van der Waals surface area contributed by atoms with Gasteiger partial charge in [0.15, 0.2) is 0 Å². The first-order valence-corrected chi connectivity index (χ1v) is 6.46. The third-order valence-corrected chi connectivity index (χ3v) is 2.51. The van der Waals surface area contributed by atoms with E-state index in [1.54, 1.807) is 14.2 Å². The van der Waals surface area contributed by atoms with Crippen LogP contribution in [0.5, 0.6) is 11.5 Å². The zero-order valence-electron chi connectivity index (χ0n) is 12.1. The van der Waals surface area contributed by atoms with Gasteiger partial charge in [-0.25, -0.2) is 4.79 Å². The van der Waals surface area contributed by atoms with Gasteiger partial charge in [0.1, 0.15) is 18.1 Å². The van der Waals surface area contributed by atoms with Crippen LogP contribution in [0.25, 0.3) is 0 Å². The minimum Gasteiger partial charge on any atom is -0.497 e. The van der Waals surface area contributed by atoms with Crippen molar-refractivity contribution in [3.05, 3.63) is 24.3 Å². The Bertz CT molecular complexity index is 395. The quantitative estimate of drug-likeness (QED) is 0.707. The average molecular weight is 282 g/mol. The van der Waals surface area contributed by atoms with Crippen LogP contribution in [0.2, 0.25) is 0 Å². The van der Waals surface area contributed by atoms with Crippen LogP contribution < -0.4 is 20.1 Å². The van der Waals surface area contributed by atoms with Crippen LogP contribution in [0, 0.1) is 0 Å². The fraction of sp³-hybridized carbons (Fsp3) is 0.500. The summed E-state index contributed by atoms with van der Waals surface area (Å²) in [5, 5.41) is 5.46. The highest BCUT2D eigenvalue weighted by Gasteiger charge is 2.05. The Morgan fingerprint density at radius 2 is 1.85 bits per heavy atom. The zero-order chi connectivity index (χ0) is 14.8. The number of urea groups is 1. The Morgan fingerprint density at radius 1 is 1.20 bits per heavy atom. The minimum absolute atomic E-state index is 0.0255. The second-order valence-electron chi connectivity index (χ2n) is 4.28. The van der Waals surface area contributed by atoms with E-state index in [2.05, 4.69) is 10.6 Å². The molecule has 6 heteroatoms. The molecule has 0 spiro atoms. The molecule has 0 aliphatic heterocycles. The second-order valence-corrected chi connectivity index (χ2v) is 4.28. The van der Waals surface area contributed by atoms with Gasteiger partial charge in [-0.2, -0.15) is 0 Å². The number of ether oxygens (including phenoxy) is 3. The second kappa shape index (κ2) is 9.03. The van der Waals surface area contributed by atoms with Crippen LogP contribution in [0.3, 0.4) is 0 Å². The third kappa shape index (κ3) is 6.29. The molecule has 0 aliphatic carbocycles. The number of rotatable bonds is 8. The van der Waals surface area contributed by atoms with Gasteiger partial charge in [-0.1, -0.05) is 0 Å². The molecule has 0 bridgehead atoms. The topological polar surface area (TPSA) is 68.8 Å². The molecule has 6 nitrogen and oxygen atoms in total. The first-order valence-electron chi connectivity index (χ1n) is 6.46. The molecule has 112 valence electrons. The molecular formula is C14H22N2O4. The summed E-state index contributed by atoms with van der Waals surface area (Å²) in [7, 11) is 3.21. The van der Waals surface area contributed by atoms with E-state index in [1.807, 2.05) is 31.2 Å². The monoisotopic (exact) mass is 282 g/mol. The van der Waals surface area contributed by atoms with E-state index in [0.29, 0.717) is 19.8 Å². The highest BCUT2D eigenvalue weighted by atomic mass is 16.5. The molecule has 0 saturated heterocycles. The van der Waals surface area contributed by atoms with E-state index >= 15 is 0 Å². The van der Waals surface area contributed by atoms with Crippen LogP contribution >= 0.6 is 0 Å². The largest absolute Gasteiger partial charge is 0.497 e. The molecule has 1 aromatic rings. The van der Waals surface area contributed by atoms with E-state index in [4.69, 9.17) is 14.2 Å². The van der Waals surface area contributed by atoms with Crippen molar-refractivity contribution in [1.82, 2.24) is 10.6 Å². The number of nitrogens with one attached hydrogen (secondary N) is 2. The summed E-state index contributed by atoms with van der Waals surface area (Å²) in [6, 6.07) is 7.03. The van der Waals surface area contributed by atoms with Gasteiger partial charge in [-0.3, -0.25) is 0 Å². The van der Waals surface area contributed by atoms with Crippen molar-refractivity contribution in [2.75, 3.05) is 34.0 Å². The van der Waals surface area contributed by atoms with Crippen LogP contribution in [0.4, 0.5) is 4.79 Å². The first-order chi connectivity index (χ1) is 9.65. The van der Waals surface area contributed by atoms with E-state index < -0.39 is 0 Å². The summed E-state index contributed by atoms with van der Waals surface area (Å²) in [5.74, 6) is 1.52. The number of carbonyl (C=O) groups is 1. The van der Waals surface area contributed by atoms with Gasteiger partial charge in [-0.05, 0) is 31.2 Å². The van der Waals surface area contributed by atoms with Crippen molar-refractivity contribution in [3.63, 3.8) is 0 Å². The molecule has 0 aromatic heterocycles. The molecular weight excluding hydrogens is 260 g/mol. The lowest BCUT2D eigenvalue weighted by Gasteiger charge is -2.13. The van der Waals surface area contributed by atoms with E-state index in [1.165, 1.54) is 0 Å². The summed E-state index contributed by atoms with van der Waals surface area (Å²) in [6.45, 7) is 3.18. The minimum atomic E-state index is -0.229. The van der Waals surface area contributed by atoms with Crippen molar-refractivity contribution >= 4 is 6.03 Å². The lowest BCUT2D eigenvalue weighted by molar-refractivity contribution is 0.170. The Balaban J connectivity index is 2.16. The molecule has 0 aliphatic rings. The van der Waals surface area contributed by atoms with Crippen LogP contribution in [-0.4, -0.2) is 46.1 Å². The van der Waals surface area contributed by atoms with Crippen molar-refractivity contribution in [1.29, 1.82) is 0 Å². The van der Waals surface area contributed by atoms with Crippen molar-refractivity contribution in [2.24, 2.45) is 0 Å². The molecule has 2 N–H and O–H groups in total. The molecule has 1 atom stereocenters. The Labute approximate surface area is 119 Å². The number of methoxy groups -OCH3 is 2. The fourth-order valence-corrected chi connectivity index (χ4v) is 1.57. The molecule has 0 saturated carbocycles. The van der Waals surface area contributed by atoms with Gasteiger partial charge in [0, 0.05) is 7.11 Å². The fourth-order valence-electron chi connectivity index (χ4n) is 1.57. The smallest absolute Gasteiger partial charge is 0.315 e. The van der Waals surface area contributed by atoms with Gasteiger partial charge in [0.25, 0.3) is 0 Å². The SMILES string of the molecule is COCC(C)NC(=O)NCCOc1ccc(OC)cc1. The maximum absolute atomic E-state index is 11.5. The molecule has 1 rings (SSSR count). The Hall–Kier alpha value is -1.95. The number of carbonyl (C=O) groups excluding carboxylic acids is 1. The van der Waals surface area contributed by atoms with Crippen molar-refractivity contribution in [2.45, 2.75) is 13.0 Å². The van der Waals surface area contributed by atoms with Gasteiger partial charge in [0.2, 0.25) is 0 Å². The van der Waals surface area contributed by atoms with E-state index in [-0.39, 0.29) is 12.1 Å². The van der Waals surface area contributed by atoms with Gasteiger partial charge >= 0.3 is 6.03 Å². The van der Waals surface area contributed by atoms with Crippen LogP contribution in [0.1, 0.15) is 6.92 Å². The lowest BCUT2D eigenvalue weighted by Crippen LogP contribution is -2.43. The highest BCUT2D eigenvalue weighted by molar-refractivity contribution is 5.74. The summed E-state index contributed by atoms with van der Waals surface area (Å²) in [5.41, 5.74) is 0. The first kappa shape index (κ1) is 16.1. The number of benzene rings is 1. The predicted molar refractivity (Wildman–Crippen MR) is 76.4 cm³/mol. The van der Waals surface area contributed by atoms with Crippen LogP contribution in [-0.2, 0) is 4.74 Å². The molecule has 20 heavy (non-hydrogen) atoms. The van der Waals surface area contributed by atoms with Gasteiger partial charge in [-0.15, -0.1) is 0 Å². The average Bonchev–Trinajstić information content (AvgIpc) is 2.44. The maximum atomic E-state index is 11.5. The summed E-state index contributed by atoms with van der Waals surface area (Å²) >= 11 is 0. The normalized spacial score (nSPS) is 11.6. The Morgan fingerprint density at radius 3 is 2.45 bits per heavy atom. The molecule has 0 heterocycles. The van der Waals surface area contributed by atoms with Gasteiger partial charge < -0.3 is 24.8 Å². The number of hydrogen-bond donors (Lipinski definition) is 2. The van der Waals surface area contributed by atoms with E-state index in [0.717, 1.165) is 11.5 Å². The lowest BCUT2D eigenvalue weighted by atomic mass is 10.3. The van der Waals surface area contributed by atoms with Crippen molar-refractivity contribution < 1.29 is 19.0 Å². The molecule has 0 fully saturated rings. The molecule has 2 amide bonds. The van der Waals surface area contributed by atoms with E-state index in [9.17, 15) is 4.79 Å². The summed E-state index contributed by atoms with van der Waals surface area (Å²) < 4.78 is 15.5. The summed E-state index contributed by atoms with van der Waals surface area (Å²) in [4.78, 5) is 11.5. The third-order valence-electron chi connectivity index (χ3n) is 2.51. The maximum Gasteiger partial charge on any atom is 0.315 e.